The highest BCUT2D eigenvalue weighted by atomic mass is 16.5. The van der Waals surface area contributed by atoms with Crippen LogP contribution in [0.2, 0.25) is 0 Å². The number of aliphatic hydroxyl groups excluding tert-OH is 1. The van der Waals surface area contributed by atoms with Crippen LogP contribution in [0, 0.1) is 0 Å². The van der Waals surface area contributed by atoms with Crippen LogP contribution in [0.3, 0.4) is 0 Å². The minimum Gasteiger partial charge on any atom is -0.493 e. The van der Waals surface area contributed by atoms with E-state index in [4.69, 9.17) is 23.7 Å². The topological polar surface area (TPSA) is 149 Å². The normalized spacial score (nSPS) is 14.8. The predicted octanol–water partition coefficient (Wildman–Crippen LogP) is 5.68. The van der Waals surface area contributed by atoms with E-state index < -0.39 is 24.3 Å². The highest BCUT2D eigenvalue weighted by Gasteiger charge is 2.32. The number of aliphatic hydroxyl groups is 1. The van der Waals surface area contributed by atoms with E-state index in [0.717, 1.165) is 27.5 Å². The third-order valence-electron chi connectivity index (χ3n) is 8.10. The first-order valence-electron chi connectivity index (χ1n) is 16.4. The average Bonchev–Trinajstić information content (AvgIpc) is 3.13. The van der Waals surface area contributed by atoms with Crippen molar-refractivity contribution < 1.29 is 38.4 Å². The fraction of sp³-hybridized carbons (Fsp3) is 0.256. The van der Waals surface area contributed by atoms with Crippen LogP contribution in [-0.2, 0) is 22.6 Å². The van der Waals surface area contributed by atoms with E-state index in [-0.39, 0.29) is 12.2 Å². The standard InChI is InChI=1S/C39H42N4O8/c1-6-11-28-18-25(19-33(47-4)37(28)51-22-29-14-10-13-26-12-8-9-15-30(26)29)21-40-43-34(44)23-50-31-17-16-27(20-32(31)49-7-2)36-35(38(45)48-5)24(3)41-39(46)42-36/h6,8-10,12-21,34,36,43-44H,1,7,11,22-23H2,2-5H3,(H2,41,42,46)/b40-21-/t34-,36+/m0/s1. The summed E-state index contributed by atoms with van der Waals surface area (Å²) in [5.41, 5.74) is 6.56. The van der Waals surface area contributed by atoms with E-state index in [0.29, 0.717) is 53.9 Å². The zero-order chi connectivity index (χ0) is 36.3. The van der Waals surface area contributed by atoms with Gasteiger partial charge in [0, 0.05) is 11.3 Å². The summed E-state index contributed by atoms with van der Waals surface area (Å²) in [6.45, 7) is 7.86. The van der Waals surface area contributed by atoms with Gasteiger partial charge in [0.05, 0.1) is 38.7 Å². The molecule has 266 valence electrons. The lowest BCUT2D eigenvalue weighted by molar-refractivity contribution is -0.136. The zero-order valence-corrected chi connectivity index (χ0v) is 29.0. The molecule has 1 aliphatic heterocycles. The predicted molar refractivity (Wildman–Crippen MR) is 194 cm³/mol. The van der Waals surface area contributed by atoms with Crippen LogP contribution in [0.15, 0.2) is 102 Å². The molecule has 2 amide bonds. The SMILES string of the molecule is C=CCc1cc(/C=N\N[C@@H](O)COc2ccc([C@H]3NC(=O)NC(C)=C3C(=O)OC)cc2OCC)cc(OC)c1OCc1cccc2ccccc12. The summed E-state index contributed by atoms with van der Waals surface area (Å²) in [6.07, 6.45) is 2.72. The molecular formula is C39H42N4O8. The minimum atomic E-state index is -1.17. The van der Waals surface area contributed by atoms with E-state index in [2.05, 4.69) is 45.9 Å². The van der Waals surface area contributed by atoms with Crippen molar-refractivity contribution in [3.05, 3.63) is 119 Å². The molecule has 2 atom stereocenters. The van der Waals surface area contributed by atoms with Crippen molar-refractivity contribution in [1.29, 1.82) is 0 Å². The number of carbonyl (C=O) groups excluding carboxylic acids is 2. The molecule has 12 heteroatoms. The number of esters is 1. The van der Waals surface area contributed by atoms with Crippen molar-refractivity contribution in [3.8, 4) is 23.0 Å². The molecule has 5 rings (SSSR count). The Kier molecular flexibility index (Phi) is 12.1. The van der Waals surface area contributed by atoms with E-state index in [1.807, 2.05) is 43.3 Å². The second-order valence-corrected chi connectivity index (χ2v) is 11.5. The second-order valence-electron chi connectivity index (χ2n) is 11.5. The summed E-state index contributed by atoms with van der Waals surface area (Å²) in [4.78, 5) is 24.7. The van der Waals surface area contributed by atoms with Gasteiger partial charge in [0.1, 0.15) is 13.2 Å². The molecule has 12 nitrogen and oxygen atoms in total. The van der Waals surface area contributed by atoms with Gasteiger partial charge in [-0.15, -0.1) is 6.58 Å². The van der Waals surface area contributed by atoms with Gasteiger partial charge in [-0.25, -0.2) is 9.59 Å². The molecule has 0 aromatic heterocycles. The minimum absolute atomic E-state index is 0.167. The summed E-state index contributed by atoms with van der Waals surface area (Å²) in [5, 5.41) is 22.5. The molecular weight excluding hydrogens is 652 g/mol. The lowest BCUT2D eigenvalue weighted by atomic mass is 9.95. The molecule has 4 aromatic carbocycles. The molecule has 51 heavy (non-hydrogen) atoms. The maximum atomic E-state index is 12.5. The maximum Gasteiger partial charge on any atom is 0.337 e. The number of nitrogens with one attached hydrogen (secondary N) is 3. The number of nitrogens with zero attached hydrogens (tertiary/aromatic N) is 1. The zero-order valence-electron chi connectivity index (χ0n) is 29.0. The molecule has 0 spiro atoms. The lowest BCUT2D eigenvalue weighted by Crippen LogP contribution is -2.45. The van der Waals surface area contributed by atoms with Gasteiger partial charge in [0.15, 0.2) is 29.2 Å². The molecule has 1 heterocycles. The van der Waals surface area contributed by atoms with Gasteiger partial charge in [-0.05, 0) is 72.0 Å². The summed E-state index contributed by atoms with van der Waals surface area (Å²) in [7, 11) is 2.86. The van der Waals surface area contributed by atoms with Crippen molar-refractivity contribution in [2.45, 2.75) is 39.1 Å². The second kappa shape index (κ2) is 17.1. The quantitative estimate of drug-likeness (QED) is 0.0382. The van der Waals surface area contributed by atoms with Crippen molar-refractivity contribution in [3.63, 3.8) is 0 Å². The Morgan fingerprint density at radius 2 is 1.80 bits per heavy atom. The number of hydrogen-bond donors (Lipinski definition) is 4. The molecule has 4 N–H and O–H groups in total. The molecule has 4 aromatic rings. The number of fused-ring (bicyclic) bond motifs is 1. The number of ether oxygens (including phenoxy) is 5. The molecule has 0 saturated carbocycles. The van der Waals surface area contributed by atoms with Crippen molar-refractivity contribution >= 4 is 29.0 Å². The van der Waals surface area contributed by atoms with Gasteiger partial charge >= 0.3 is 12.0 Å². The highest BCUT2D eigenvalue weighted by molar-refractivity contribution is 5.95. The van der Waals surface area contributed by atoms with Gasteiger partial charge in [0.25, 0.3) is 0 Å². The molecule has 0 aliphatic carbocycles. The van der Waals surface area contributed by atoms with Crippen molar-refractivity contribution in [2.24, 2.45) is 5.10 Å². The Morgan fingerprint density at radius 3 is 2.57 bits per heavy atom. The maximum absolute atomic E-state index is 12.5. The first-order chi connectivity index (χ1) is 24.8. The first kappa shape index (κ1) is 36.3. The monoisotopic (exact) mass is 694 g/mol. The number of methoxy groups -OCH3 is 2. The number of carbonyl (C=O) groups is 2. The number of amides is 2. The van der Waals surface area contributed by atoms with Crippen LogP contribution in [0.5, 0.6) is 23.0 Å². The number of benzene rings is 4. The van der Waals surface area contributed by atoms with Gasteiger partial charge in [-0.3, -0.25) is 5.43 Å². The average molecular weight is 695 g/mol. The number of allylic oxidation sites excluding steroid dienone is 2. The van der Waals surface area contributed by atoms with E-state index in [9.17, 15) is 14.7 Å². The molecule has 0 saturated heterocycles. The van der Waals surface area contributed by atoms with Gasteiger partial charge < -0.3 is 39.4 Å². The molecule has 0 unspecified atom stereocenters. The summed E-state index contributed by atoms with van der Waals surface area (Å²) < 4.78 is 28.6. The molecule has 0 radical (unpaired) electrons. The van der Waals surface area contributed by atoms with Crippen LogP contribution >= 0.6 is 0 Å². The summed E-state index contributed by atoms with van der Waals surface area (Å²) >= 11 is 0. The summed E-state index contributed by atoms with van der Waals surface area (Å²) in [5.74, 6) is 1.30. The van der Waals surface area contributed by atoms with Crippen LogP contribution in [0.4, 0.5) is 4.79 Å². The Balaban J connectivity index is 1.25. The van der Waals surface area contributed by atoms with Crippen molar-refractivity contribution in [1.82, 2.24) is 16.1 Å². The van der Waals surface area contributed by atoms with Gasteiger partial charge in [-0.2, -0.15) is 5.10 Å². The number of hydrogen-bond acceptors (Lipinski definition) is 10. The van der Waals surface area contributed by atoms with Gasteiger partial charge in [-0.1, -0.05) is 54.6 Å². The smallest absolute Gasteiger partial charge is 0.337 e. The first-order valence-corrected chi connectivity index (χ1v) is 16.4. The fourth-order valence-electron chi connectivity index (χ4n) is 5.77. The number of urea groups is 1. The van der Waals surface area contributed by atoms with Crippen LogP contribution < -0.4 is 35.0 Å². The van der Waals surface area contributed by atoms with E-state index in [1.165, 1.54) is 7.11 Å². The van der Waals surface area contributed by atoms with Gasteiger partial charge in [0.2, 0.25) is 0 Å². The van der Waals surface area contributed by atoms with Crippen LogP contribution in [0.25, 0.3) is 10.8 Å². The Labute approximate surface area is 296 Å². The van der Waals surface area contributed by atoms with Crippen LogP contribution in [0.1, 0.15) is 42.1 Å². The Morgan fingerprint density at radius 1 is 1.00 bits per heavy atom. The van der Waals surface area contributed by atoms with E-state index in [1.54, 1.807) is 44.5 Å². The molecule has 0 bridgehead atoms. The Bertz CT molecular complexity index is 1950. The third kappa shape index (κ3) is 8.78. The third-order valence-corrected chi connectivity index (χ3v) is 8.10. The van der Waals surface area contributed by atoms with E-state index >= 15 is 0 Å². The molecule has 0 fully saturated rings. The largest absolute Gasteiger partial charge is 0.493 e. The number of hydrazone groups is 1. The fourth-order valence-corrected chi connectivity index (χ4v) is 5.77. The highest BCUT2D eigenvalue weighted by Crippen LogP contribution is 2.36. The number of rotatable bonds is 16. The van der Waals surface area contributed by atoms with Crippen LogP contribution in [-0.4, -0.2) is 57.0 Å². The molecule has 1 aliphatic rings. The summed E-state index contributed by atoms with van der Waals surface area (Å²) in [6, 6.07) is 21.9. The Hall–Kier alpha value is -6.01. The lowest BCUT2D eigenvalue weighted by Gasteiger charge is -2.28. The van der Waals surface area contributed by atoms with Crippen molar-refractivity contribution in [2.75, 3.05) is 27.4 Å².